The van der Waals surface area contributed by atoms with Crippen molar-refractivity contribution in [2.45, 2.75) is 19.4 Å². The van der Waals surface area contributed by atoms with Gasteiger partial charge in [0.05, 0.1) is 6.20 Å². The van der Waals surface area contributed by atoms with Crippen LogP contribution in [0, 0.1) is 5.82 Å². The van der Waals surface area contributed by atoms with Gasteiger partial charge in [0.2, 0.25) is 0 Å². The van der Waals surface area contributed by atoms with E-state index in [-0.39, 0.29) is 11.9 Å². The van der Waals surface area contributed by atoms with Gasteiger partial charge in [0.1, 0.15) is 5.82 Å². The summed E-state index contributed by atoms with van der Waals surface area (Å²) in [4.78, 5) is 3.73. The molecule has 1 rings (SSSR count). The Morgan fingerprint density at radius 2 is 2.38 bits per heavy atom. The molecule has 0 radical (unpaired) electrons. The largest absolute Gasteiger partial charge is 0.324 e. The van der Waals surface area contributed by atoms with Crippen molar-refractivity contribution in [1.82, 2.24) is 4.98 Å². The number of hydrogen-bond donors (Lipinski definition) is 1. The normalized spacial score (nSPS) is 12.5. The molecule has 0 aliphatic rings. The Morgan fingerprint density at radius 3 is 2.92 bits per heavy atom. The third-order valence-electron chi connectivity index (χ3n) is 1.72. The van der Waals surface area contributed by atoms with E-state index in [2.05, 4.69) is 11.6 Å². The van der Waals surface area contributed by atoms with Crippen molar-refractivity contribution in [2.75, 3.05) is 0 Å². The lowest BCUT2D eigenvalue weighted by molar-refractivity contribution is 0.610. The van der Waals surface area contributed by atoms with E-state index in [1.165, 1.54) is 6.07 Å². The lowest BCUT2D eigenvalue weighted by Gasteiger charge is -2.10. The molecule has 0 saturated carbocycles. The van der Waals surface area contributed by atoms with Gasteiger partial charge < -0.3 is 5.73 Å². The molecular formula is C10H13FN2. The van der Waals surface area contributed by atoms with Crippen LogP contribution in [0.2, 0.25) is 0 Å². The average molecular weight is 180 g/mol. The summed E-state index contributed by atoms with van der Waals surface area (Å²) < 4.78 is 12.7. The van der Waals surface area contributed by atoms with Gasteiger partial charge in [0.25, 0.3) is 0 Å². The molecule has 1 unspecified atom stereocenters. The van der Waals surface area contributed by atoms with E-state index in [1.54, 1.807) is 6.20 Å². The molecule has 2 nitrogen and oxygen atoms in total. The highest BCUT2D eigenvalue weighted by molar-refractivity contribution is 5.16. The Hall–Kier alpha value is -1.22. The summed E-state index contributed by atoms with van der Waals surface area (Å²) in [5.74, 6) is -0.352. The number of halogens is 1. The summed E-state index contributed by atoms with van der Waals surface area (Å²) in [5.41, 5.74) is 7.49. The summed E-state index contributed by atoms with van der Waals surface area (Å²) >= 11 is 0. The minimum absolute atomic E-state index is 0.208. The number of aromatic nitrogens is 1. The van der Waals surface area contributed by atoms with Gasteiger partial charge in [-0.25, -0.2) is 4.39 Å². The van der Waals surface area contributed by atoms with Gasteiger partial charge in [-0.05, 0) is 25.0 Å². The maximum atomic E-state index is 12.7. The maximum Gasteiger partial charge on any atom is 0.141 e. The first kappa shape index (κ1) is 9.86. The maximum absolute atomic E-state index is 12.7. The van der Waals surface area contributed by atoms with E-state index in [0.717, 1.165) is 11.8 Å². The highest BCUT2D eigenvalue weighted by Crippen LogP contribution is 2.16. The Morgan fingerprint density at radius 1 is 1.69 bits per heavy atom. The van der Waals surface area contributed by atoms with E-state index >= 15 is 0 Å². The van der Waals surface area contributed by atoms with E-state index in [0.29, 0.717) is 12.0 Å². The second-order valence-corrected chi connectivity index (χ2v) is 3.20. The Balaban J connectivity index is 2.76. The van der Waals surface area contributed by atoms with Gasteiger partial charge in [-0.15, -0.1) is 6.58 Å². The number of nitrogens with zero attached hydrogens (tertiary/aromatic N) is 1. The predicted molar refractivity (Wildman–Crippen MR) is 50.6 cm³/mol. The smallest absolute Gasteiger partial charge is 0.141 e. The van der Waals surface area contributed by atoms with Crippen molar-refractivity contribution in [2.24, 2.45) is 5.73 Å². The zero-order chi connectivity index (χ0) is 9.84. The summed E-state index contributed by atoms with van der Waals surface area (Å²) in [7, 11) is 0. The molecule has 70 valence electrons. The zero-order valence-corrected chi connectivity index (χ0v) is 7.63. The minimum Gasteiger partial charge on any atom is -0.324 e. The Bertz CT molecular complexity index is 310. The van der Waals surface area contributed by atoms with Gasteiger partial charge in [-0.2, -0.15) is 0 Å². The fraction of sp³-hybridized carbons (Fsp3) is 0.300. The van der Waals surface area contributed by atoms with Crippen LogP contribution in [0.25, 0.3) is 0 Å². The molecule has 1 aromatic heterocycles. The highest BCUT2D eigenvalue weighted by Gasteiger charge is 2.06. The molecule has 0 spiro atoms. The number of nitrogens with two attached hydrogens (primary N) is 1. The summed E-state index contributed by atoms with van der Waals surface area (Å²) in [6, 6.07) is 1.20. The van der Waals surface area contributed by atoms with Crippen molar-refractivity contribution in [3.63, 3.8) is 0 Å². The van der Waals surface area contributed by atoms with Gasteiger partial charge >= 0.3 is 0 Å². The van der Waals surface area contributed by atoms with E-state index < -0.39 is 0 Å². The van der Waals surface area contributed by atoms with Crippen LogP contribution in [0.4, 0.5) is 4.39 Å². The second kappa shape index (κ2) is 4.14. The fourth-order valence-electron chi connectivity index (χ4n) is 1.12. The lowest BCUT2D eigenvalue weighted by atomic mass is 10.0. The first-order chi connectivity index (χ1) is 6.09. The van der Waals surface area contributed by atoms with Crippen LogP contribution < -0.4 is 5.73 Å². The topological polar surface area (TPSA) is 38.9 Å². The average Bonchev–Trinajstić information content (AvgIpc) is 2.03. The Labute approximate surface area is 77.3 Å². The molecule has 0 aliphatic heterocycles. The van der Waals surface area contributed by atoms with Crippen LogP contribution in [-0.4, -0.2) is 4.98 Å². The van der Waals surface area contributed by atoms with E-state index in [4.69, 9.17) is 5.73 Å². The molecule has 0 aliphatic carbocycles. The molecule has 2 N–H and O–H groups in total. The van der Waals surface area contributed by atoms with Crippen molar-refractivity contribution in [3.8, 4) is 0 Å². The first-order valence-corrected chi connectivity index (χ1v) is 4.10. The molecule has 0 saturated heterocycles. The molecule has 0 fully saturated rings. The molecule has 1 atom stereocenters. The molecule has 13 heavy (non-hydrogen) atoms. The predicted octanol–water partition coefficient (Wildman–Crippen LogP) is 2.19. The van der Waals surface area contributed by atoms with Gasteiger partial charge in [0.15, 0.2) is 0 Å². The fourth-order valence-corrected chi connectivity index (χ4v) is 1.12. The zero-order valence-electron chi connectivity index (χ0n) is 7.63. The van der Waals surface area contributed by atoms with Crippen LogP contribution in [0.15, 0.2) is 30.6 Å². The molecule has 0 amide bonds. The quantitative estimate of drug-likeness (QED) is 0.724. The molecule has 0 bridgehead atoms. The summed E-state index contributed by atoms with van der Waals surface area (Å²) in [5, 5.41) is 0. The summed E-state index contributed by atoms with van der Waals surface area (Å²) in [6.07, 6.45) is 3.40. The Kier molecular flexibility index (Phi) is 3.14. The third kappa shape index (κ3) is 2.95. The number of rotatable bonds is 3. The molecule has 1 heterocycles. The highest BCUT2D eigenvalue weighted by atomic mass is 19.1. The molecular weight excluding hydrogens is 167 g/mol. The third-order valence-corrected chi connectivity index (χ3v) is 1.72. The number of pyridine rings is 1. The monoisotopic (exact) mass is 180 g/mol. The molecule has 3 heteroatoms. The van der Waals surface area contributed by atoms with Gasteiger partial charge in [0, 0.05) is 12.2 Å². The second-order valence-electron chi connectivity index (χ2n) is 3.20. The van der Waals surface area contributed by atoms with Crippen molar-refractivity contribution >= 4 is 0 Å². The van der Waals surface area contributed by atoms with Crippen LogP contribution in [-0.2, 0) is 0 Å². The molecule has 0 aromatic carbocycles. The standard InChI is InChI=1S/C10H13FN2/c1-7(2)3-10(12)8-4-9(11)6-13-5-8/h4-6,10H,1,3,12H2,2H3. The summed E-state index contributed by atoms with van der Waals surface area (Å²) in [6.45, 7) is 5.64. The molecule has 1 aromatic rings. The van der Waals surface area contributed by atoms with Crippen LogP contribution in [0.1, 0.15) is 24.9 Å². The van der Waals surface area contributed by atoms with Crippen molar-refractivity contribution in [3.05, 3.63) is 42.0 Å². The van der Waals surface area contributed by atoms with Crippen molar-refractivity contribution in [1.29, 1.82) is 0 Å². The lowest BCUT2D eigenvalue weighted by Crippen LogP contribution is -2.10. The first-order valence-electron chi connectivity index (χ1n) is 4.10. The van der Waals surface area contributed by atoms with Crippen LogP contribution >= 0.6 is 0 Å². The minimum atomic E-state index is -0.352. The van der Waals surface area contributed by atoms with Gasteiger partial charge in [-0.3, -0.25) is 4.98 Å². The van der Waals surface area contributed by atoms with Crippen LogP contribution in [0.5, 0.6) is 0 Å². The van der Waals surface area contributed by atoms with E-state index in [9.17, 15) is 4.39 Å². The van der Waals surface area contributed by atoms with Crippen molar-refractivity contribution < 1.29 is 4.39 Å². The SMILES string of the molecule is C=C(C)CC(N)c1cncc(F)c1. The van der Waals surface area contributed by atoms with Gasteiger partial charge in [-0.1, -0.05) is 5.57 Å². The number of hydrogen-bond acceptors (Lipinski definition) is 2. The van der Waals surface area contributed by atoms with E-state index in [1.807, 2.05) is 6.92 Å². The van der Waals surface area contributed by atoms with Crippen LogP contribution in [0.3, 0.4) is 0 Å².